The predicted molar refractivity (Wildman–Crippen MR) is 52.7 cm³/mol. The summed E-state index contributed by atoms with van der Waals surface area (Å²) in [4.78, 5) is 11.6. The third-order valence-corrected chi connectivity index (χ3v) is 3.33. The maximum atomic E-state index is 11.6. The molecule has 1 aliphatic carbocycles. The van der Waals surface area contributed by atoms with Gasteiger partial charge in [0.1, 0.15) is 5.54 Å². The molecule has 2 rings (SSSR count). The zero-order valence-electron chi connectivity index (χ0n) is 8.58. The smallest absolute Gasteiger partial charge is 0.238 e. The standard InChI is InChI=1S/C10H18N2O2/c1-7-6-14-5-4-10(7,9(11)13)12-8-2-3-8/h7-8,12H,2-6H2,1H3,(H2,11,13). The van der Waals surface area contributed by atoms with Crippen molar-refractivity contribution in [1.82, 2.24) is 5.32 Å². The largest absolute Gasteiger partial charge is 0.381 e. The molecule has 3 N–H and O–H groups in total. The summed E-state index contributed by atoms with van der Waals surface area (Å²) >= 11 is 0. The molecule has 4 nitrogen and oxygen atoms in total. The Labute approximate surface area is 84.2 Å². The van der Waals surface area contributed by atoms with E-state index in [0.717, 1.165) is 0 Å². The van der Waals surface area contributed by atoms with Crippen molar-refractivity contribution in [1.29, 1.82) is 0 Å². The van der Waals surface area contributed by atoms with Gasteiger partial charge in [0, 0.05) is 18.6 Å². The van der Waals surface area contributed by atoms with Gasteiger partial charge in [-0.2, -0.15) is 0 Å². The lowest BCUT2D eigenvalue weighted by Crippen LogP contribution is -2.63. The second-order valence-electron chi connectivity index (χ2n) is 4.48. The Bertz CT molecular complexity index is 240. The highest BCUT2D eigenvalue weighted by atomic mass is 16.5. The molecule has 1 aliphatic heterocycles. The summed E-state index contributed by atoms with van der Waals surface area (Å²) < 4.78 is 5.34. The summed E-state index contributed by atoms with van der Waals surface area (Å²) in [6.07, 6.45) is 3.05. The summed E-state index contributed by atoms with van der Waals surface area (Å²) in [6, 6.07) is 0.503. The molecule has 0 aromatic carbocycles. The quantitative estimate of drug-likeness (QED) is 0.672. The number of primary amides is 1. The van der Waals surface area contributed by atoms with Crippen molar-refractivity contribution in [3.8, 4) is 0 Å². The number of rotatable bonds is 3. The van der Waals surface area contributed by atoms with Gasteiger partial charge in [0.25, 0.3) is 0 Å². The van der Waals surface area contributed by atoms with Crippen molar-refractivity contribution in [3.05, 3.63) is 0 Å². The Morgan fingerprint density at radius 1 is 1.57 bits per heavy atom. The van der Waals surface area contributed by atoms with Gasteiger partial charge in [-0.3, -0.25) is 4.79 Å². The maximum Gasteiger partial charge on any atom is 0.238 e. The van der Waals surface area contributed by atoms with Gasteiger partial charge in [-0.1, -0.05) is 6.92 Å². The molecule has 2 unspecified atom stereocenters. The van der Waals surface area contributed by atoms with Crippen LogP contribution in [0.2, 0.25) is 0 Å². The van der Waals surface area contributed by atoms with E-state index in [2.05, 4.69) is 5.32 Å². The van der Waals surface area contributed by atoms with Gasteiger partial charge in [-0.15, -0.1) is 0 Å². The first-order chi connectivity index (χ1) is 6.65. The average Bonchev–Trinajstić information content (AvgIpc) is 2.92. The van der Waals surface area contributed by atoms with E-state index in [0.29, 0.717) is 25.7 Å². The minimum atomic E-state index is -0.514. The lowest BCUT2D eigenvalue weighted by atomic mass is 9.80. The molecule has 14 heavy (non-hydrogen) atoms. The minimum Gasteiger partial charge on any atom is -0.381 e. The van der Waals surface area contributed by atoms with E-state index in [1.807, 2.05) is 6.92 Å². The lowest BCUT2D eigenvalue weighted by Gasteiger charge is -2.40. The van der Waals surface area contributed by atoms with Crippen LogP contribution in [0.5, 0.6) is 0 Å². The summed E-state index contributed by atoms with van der Waals surface area (Å²) in [5.74, 6) is -0.0467. The van der Waals surface area contributed by atoms with Crippen LogP contribution in [0.25, 0.3) is 0 Å². The number of ether oxygens (including phenoxy) is 1. The molecule has 1 heterocycles. The van der Waals surface area contributed by atoms with Crippen LogP contribution >= 0.6 is 0 Å². The molecule has 0 spiro atoms. The Balaban J connectivity index is 2.13. The molecule has 1 amide bonds. The second-order valence-corrected chi connectivity index (χ2v) is 4.48. The van der Waals surface area contributed by atoms with E-state index in [-0.39, 0.29) is 11.8 Å². The van der Waals surface area contributed by atoms with Crippen LogP contribution in [0.15, 0.2) is 0 Å². The number of nitrogens with two attached hydrogens (primary N) is 1. The van der Waals surface area contributed by atoms with Crippen LogP contribution in [0, 0.1) is 5.92 Å². The molecular weight excluding hydrogens is 180 g/mol. The van der Waals surface area contributed by atoms with Crippen LogP contribution < -0.4 is 11.1 Å². The topological polar surface area (TPSA) is 64.3 Å². The zero-order valence-corrected chi connectivity index (χ0v) is 8.58. The fourth-order valence-electron chi connectivity index (χ4n) is 2.13. The van der Waals surface area contributed by atoms with Gasteiger partial charge in [0.05, 0.1) is 6.61 Å². The van der Waals surface area contributed by atoms with Gasteiger partial charge < -0.3 is 15.8 Å². The van der Waals surface area contributed by atoms with E-state index < -0.39 is 5.54 Å². The summed E-state index contributed by atoms with van der Waals surface area (Å²) in [5.41, 5.74) is 5.00. The molecule has 0 aromatic heterocycles. The van der Waals surface area contributed by atoms with Crippen LogP contribution in [0.1, 0.15) is 26.2 Å². The molecule has 2 aliphatic rings. The number of hydrogen-bond donors (Lipinski definition) is 2. The molecule has 4 heteroatoms. The van der Waals surface area contributed by atoms with Crippen molar-refractivity contribution in [2.75, 3.05) is 13.2 Å². The van der Waals surface area contributed by atoms with Crippen molar-refractivity contribution < 1.29 is 9.53 Å². The van der Waals surface area contributed by atoms with Crippen molar-refractivity contribution in [2.24, 2.45) is 11.7 Å². The molecular formula is C10H18N2O2. The van der Waals surface area contributed by atoms with Crippen molar-refractivity contribution in [2.45, 2.75) is 37.8 Å². The number of amides is 1. The Morgan fingerprint density at radius 3 is 2.79 bits per heavy atom. The third-order valence-electron chi connectivity index (χ3n) is 3.33. The van der Waals surface area contributed by atoms with Crippen LogP contribution in [0.3, 0.4) is 0 Å². The predicted octanol–water partition coefficient (Wildman–Crippen LogP) is 0.0189. The summed E-state index contributed by atoms with van der Waals surface area (Å²) in [6.45, 7) is 3.29. The molecule has 80 valence electrons. The van der Waals surface area contributed by atoms with Gasteiger partial charge in [0.15, 0.2) is 0 Å². The first-order valence-corrected chi connectivity index (χ1v) is 5.30. The Morgan fingerprint density at radius 2 is 2.29 bits per heavy atom. The minimum absolute atomic E-state index is 0.175. The number of hydrogen-bond acceptors (Lipinski definition) is 3. The van der Waals surface area contributed by atoms with E-state index in [9.17, 15) is 4.79 Å². The molecule has 0 radical (unpaired) electrons. The monoisotopic (exact) mass is 198 g/mol. The summed E-state index contributed by atoms with van der Waals surface area (Å²) in [7, 11) is 0. The van der Waals surface area contributed by atoms with E-state index in [1.54, 1.807) is 0 Å². The highest BCUT2D eigenvalue weighted by molar-refractivity contribution is 5.85. The third kappa shape index (κ3) is 1.64. The Hall–Kier alpha value is -0.610. The van der Waals surface area contributed by atoms with E-state index >= 15 is 0 Å². The lowest BCUT2D eigenvalue weighted by molar-refractivity contribution is -0.132. The number of carbonyl (C=O) groups excluding carboxylic acids is 1. The fourth-order valence-corrected chi connectivity index (χ4v) is 2.13. The fraction of sp³-hybridized carbons (Fsp3) is 0.900. The van der Waals surface area contributed by atoms with Crippen LogP contribution in [0.4, 0.5) is 0 Å². The molecule has 2 fully saturated rings. The normalized spacial score (nSPS) is 38.2. The number of carbonyl (C=O) groups is 1. The first kappa shape index (κ1) is 9.93. The number of nitrogens with one attached hydrogen (secondary N) is 1. The van der Waals surface area contributed by atoms with Gasteiger partial charge >= 0.3 is 0 Å². The maximum absolute atomic E-state index is 11.6. The second kappa shape index (κ2) is 3.51. The van der Waals surface area contributed by atoms with Crippen molar-refractivity contribution >= 4 is 5.91 Å². The molecule has 1 saturated heterocycles. The highest BCUT2D eigenvalue weighted by Crippen LogP contribution is 2.31. The van der Waals surface area contributed by atoms with Gasteiger partial charge in [0.2, 0.25) is 5.91 Å². The van der Waals surface area contributed by atoms with Crippen LogP contribution in [-0.4, -0.2) is 30.7 Å². The first-order valence-electron chi connectivity index (χ1n) is 5.30. The summed E-state index contributed by atoms with van der Waals surface area (Å²) in [5, 5.41) is 3.40. The molecule has 0 bridgehead atoms. The van der Waals surface area contributed by atoms with Gasteiger partial charge in [-0.05, 0) is 19.3 Å². The molecule has 1 saturated carbocycles. The van der Waals surface area contributed by atoms with Crippen molar-refractivity contribution in [3.63, 3.8) is 0 Å². The highest BCUT2D eigenvalue weighted by Gasteiger charge is 2.46. The Kier molecular flexibility index (Phi) is 2.49. The zero-order chi connectivity index (χ0) is 10.2. The van der Waals surface area contributed by atoms with E-state index in [1.165, 1.54) is 12.8 Å². The SMILES string of the molecule is CC1COCCC1(NC1CC1)C(N)=O. The van der Waals surface area contributed by atoms with E-state index in [4.69, 9.17) is 10.5 Å². The van der Waals surface area contributed by atoms with Gasteiger partial charge in [-0.25, -0.2) is 0 Å². The molecule has 0 aromatic rings. The average molecular weight is 198 g/mol. The molecule has 2 atom stereocenters. The van der Waals surface area contributed by atoms with Crippen LogP contribution in [-0.2, 0) is 9.53 Å².